The average molecular weight is 222 g/mol. The summed E-state index contributed by atoms with van der Waals surface area (Å²) in [6, 6.07) is 5.78. The van der Waals surface area contributed by atoms with Crippen LogP contribution in [0.15, 0.2) is 18.2 Å². The number of nitrogens with two attached hydrogens (primary N) is 1. The highest BCUT2D eigenvalue weighted by molar-refractivity contribution is 5.47. The maximum Gasteiger partial charge on any atom is 0.123 e. The fourth-order valence-corrected chi connectivity index (χ4v) is 1.53. The molecule has 90 valence electrons. The van der Waals surface area contributed by atoms with Crippen molar-refractivity contribution in [2.75, 3.05) is 18.9 Å². The molecule has 0 atom stereocenters. The number of ether oxygens (including phenoxy) is 1. The smallest absolute Gasteiger partial charge is 0.123 e. The summed E-state index contributed by atoms with van der Waals surface area (Å²) in [6.07, 6.45) is 0. The number of nitrogen functional groups attached to an aromatic ring is 1. The molecule has 0 fully saturated rings. The predicted molar refractivity (Wildman–Crippen MR) is 68.6 cm³/mol. The molecule has 0 saturated carbocycles. The van der Waals surface area contributed by atoms with Crippen LogP contribution in [-0.2, 0) is 6.54 Å². The lowest BCUT2D eigenvalue weighted by Gasteiger charge is -2.12. The molecule has 0 amide bonds. The van der Waals surface area contributed by atoms with Gasteiger partial charge in [0, 0.05) is 17.8 Å². The van der Waals surface area contributed by atoms with E-state index in [1.54, 1.807) is 0 Å². The summed E-state index contributed by atoms with van der Waals surface area (Å²) >= 11 is 0. The Morgan fingerprint density at radius 1 is 1.38 bits per heavy atom. The van der Waals surface area contributed by atoms with E-state index >= 15 is 0 Å². The van der Waals surface area contributed by atoms with E-state index in [-0.39, 0.29) is 0 Å². The van der Waals surface area contributed by atoms with Crippen molar-refractivity contribution in [3.63, 3.8) is 0 Å². The Morgan fingerprint density at radius 2 is 2.12 bits per heavy atom. The molecule has 0 spiro atoms. The highest BCUT2D eigenvalue weighted by Crippen LogP contribution is 2.21. The molecule has 0 aliphatic rings. The van der Waals surface area contributed by atoms with Crippen LogP contribution in [0.1, 0.15) is 26.3 Å². The number of nitrogens with one attached hydrogen (secondary N) is 1. The van der Waals surface area contributed by atoms with Gasteiger partial charge in [-0.1, -0.05) is 13.8 Å². The summed E-state index contributed by atoms with van der Waals surface area (Å²) in [4.78, 5) is 0. The number of anilines is 1. The molecule has 0 heterocycles. The van der Waals surface area contributed by atoms with Crippen molar-refractivity contribution in [3.05, 3.63) is 23.8 Å². The van der Waals surface area contributed by atoms with Gasteiger partial charge in [-0.2, -0.15) is 0 Å². The first-order valence-electron chi connectivity index (χ1n) is 5.85. The quantitative estimate of drug-likeness (QED) is 0.727. The van der Waals surface area contributed by atoms with Crippen molar-refractivity contribution < 1.29 is 4.74 Å². The van der Waals surface area contributed by atoms with Gasteiger partial charge in [0.05, 0.1) is 6.61 Å². The minimum atomic E-state index is 0.650. The Morgan fingerprint density at radius 3 is 2.75 bits per heavy atom. The molecule has 0 aliphatic carbocycles. The van der Waals surface area contributed by atoms with E-state index in [4.69, 9.17) is 10.5 Å². The van der Waals surface area contributed by atoms with Crippen LogP contribution in [0.2, 0.25) is 0 Å². The van der Waals surface area contributed by atoms with Crippen LogP contribution < -0.4 is 15.8 Å². The summed E-state index contributed by atoms with van der Waals surface area (Å²) in [5.74, 6) is 1.57. The number of hydrogen-bond acceptors (Lipinski definition) is 3. The zero-order chi connectivity index (χ0) is 12.0. The van der Waals surface area contributed by atoms with Gasteiger partial charge in [-0.3, -0.25) is 0 Å². The second-order valence-corrected chi connectivity index (χ2v) is 4.32. The summed E-state index contributed by atoms with van der Waals surface area (Å²) in [5, 5.41) is 3.39. The van der Waals surface area contributed by atoms with Crippen LogP contribution in [0.25, 0.3) is 0 Å². The fraction of sp³-hybridized carbons (Fsp3) is 0.538. The van der Waals surface area contributed by atoms with Crippen molar-refractivity contribution in [1.82, 2.24) is 5.32 Å². The summed E-state index contributed by atoms with van der Waals surface area (Å²) in [5.41, 5.74) is 7.68. The number of benzene rings is 1. The Labute approximate surface area is 98.0 Å². The highest BCUT2D eigenvalue weighted by Gasteiger charge is 2.04. The second-order valence-electron chi connectivity index (χ2n) is 4.32. The van der Waals surface area contributed by atoms with E-state index in [9.17, 15) is 0 Å². The zero-order valence-electron chi connectivity index (χ0n) is 10.4. The van der Waals surface area contributed by atoms with E-state index in [1.165, 1.54) is 0 Å². The lowest BCUT2D eigenvalue weighted by molar-refractivity contribution is 0.335. The van der Waals surface area contributed by atoms with Crippen LogP contribution in [-0.4, -0.2) is 13.2 Å². The molecule has 0 bridgehead atoms. The van der Waals surface area contributed by atoms with E-state index in [2.05, 4.69) is 19.2 Å². The normalized spacial score (nSPS) is 10.8. The third kappa shape index (κ3) is 4.11. The van der Waals surface area contributed by atoms with Gasteiger partial charge in [-0.25, -0.2) is 0 Å². The summed E-state index contributed by atoms with van der Waals surface area (Å²) < 4.78 is 5.55. The van der Waals surface area contributed by atoms with E-state index < -0.39 is 0 Å². The monoisotopic (exact) mass is 222 g/mol. The van der Waals surface area contributed by atoms with E-state index in [1.807, 2.05) is 25.1 Å². The standard InChI is InChI=1S/C13H22N2O/c1-4-16-13-6-5-12(14)7-11(13)9-15-8-10(2)3/h5-7,10,15H,4,8-9,14H2,1-3H3. The Balaban J connectivity index is 2.64. The van der Waals surface area contributed by atoms with Crippen LogP contribution in [0.4, 0.5) is 5.69 Å². The summed E-state index contributed by atoms with van der Waals surface area (Å²) in [6.45, 7) is 8.85. The molecule has 0 saturated heterocycles. The second kappa shape index (κ2) is 6.38. The number of hydrogen-bond donors (Lipinski definition) is 2. The Hall–Kier alpha value is -1.22. The van der Waals surface area contributed by atoms with Gasteiger partial charge in [-0.15, -0.1) is 0 Å². The molecule has 0 aromatic heterocycles. The van der Waals surface area contributed by atoms with Gasteiger partial charge in [0.15, 0.2) is 0 Å². The Bertz CT molecular complexity index is 324. The van der Waals surface area contributed by atoms with Crippen LogP contribution in [0.5, 0.6) is 5.75 Å². The lowest BCUT2D eigenvalue weighted by atomic mass is 10.1. The van der Waals surface area contributed by atoms with Gasteiger partial charge in [0.25, 0.3) is 0 Å². The predicted octanol–water partition coefficient (Wildman–Crippen LogP) is 2.41. The minimum absolute atomic E-state index is 0.650. The molecule has 1 rings (SSSR count). The molecule has 3 heteroatoms. The van der Waals surface area contributed by atoms with Gasteiger partial charge >= 0.3 is 0 Å². The molecule has 0 aliphatic heterocycles. The topological polar surface area (TPSA) is 47.3 Å². The molecule has 3 N–H and O–H groups in total. The van der Waals surface area contributed by atoms with Gasteiger partial charge in [0.2, 0.25) is 0 Å². The molecule has 1 aromatic rings. The van der Waals surface area contributed by atoms with Crippen molar-refractivity contribution in [1.29, 1.82) is 0 Å². The van der Waals surface area contributed by atoms with Gasteiger partial charge in [-0.05, 0) is 37.6 Å². The average Bonchev–Trinajstić information content (AvgIpc) is 2.21. The molecule has 1 aromatic carbocycles. The van der Waals surface area contributed by atoms with Crippen molar-refractivity contribution >= 4 is 5.69 Å². The van der Waals surface area contributed by atoms with Crippen LogP contribution in [0.3, 0.4) is 0 Å². The maximum atomic E-state index is 5.77. The van der Waals surface area contributed by atoms with Crippen LogP contribution >= 0.6 is 0 Å². The first kappa shape index (κ1) is 12.8. The fourth-order valence-electron chi connectivity index (χ4n) is 1.53. The summed E-state index contributed by atoms with van der Waals surface area (Å²) in [7, 11) is 0. The van der Waals surface area contributed by atoms with E-state index in [0.717, 1.165) is 30.1 Å². The van der Waals surface area contributed by atoms with Gasteiger partial charge < -0.3 is 15.8 Å². The molecule has 0 unspecified atom stereocenters. The van der Waals surface area contributed by atoms with Crippen molar-refractivity contribution in [3.8, 4) is 5.75 Å². The minimum Gasteiger partial charge on any atom is -0.494 e. The first-order valence-corrected chi connectivity index (χ1v) is 5.85. The Kier molecular flexibility index (Phi) is 5.12. The molecular formula is C13H22N2O. The molecule has 3 nitrogen and oxygen atoms in total. The van der Waals surface area contributed by atoms with E-state index in [0.29, 0.717) is 12.5 Å². The largest absolute Gasteiger partial charge is 0.494 e. The first-order chi connectivity index (χ1) is 7.63. The van der Waals surface area contributed by atoms with Crippen LogP contribution in [0, 0.1) is 5.92 Å². The van der Waals surface area contributed by atoms with Crippen molar-refractivity contribution in [2.45, 2.75) is 27.3 Å². The van der Waals surface area contributed by atoms with Crippen molar-refractivity contribution in [2.24, 2.45) is 5.92 Å². The maximum absolute atomic E-state index is 5.77. The third-order valence-corrected chi connectivity index (χ3v) is 2.25. The van der Waals surface area contributed by atoms with Gasteiger partial charge in [0.1, 0.15) is 5.75 Å². The highest BCUT2D eigenvalue weighted by atomic mass is 16.5. The third-order valence-electron chi connectivity index (χ3n) is 2.25. The molecular weight excluding hydrogens is 200 g/mol. The number of rotatable bonds is 6. The zero-order valence-corrected chi connectivity index (χ0v) is 10.4. The SMILES string of the molecule is CCOc1ccc(N)cc1CNCC(C)C. The lowest BCUT2D eigenvalue weighted by Crippen LogP contribution is -2.19. The molecule has 16 heavy (non-hydrogen) atoms. The molecule has 0 radical (unpaired) electrons.